The molecule has 2 heterocycles. The maximum absolute atomic E-state index is 4.48. The van der Waals surface area contributed by atoms with Crippen LogP contribution in [0.1, 0.15) is 27.2 Å². The van der Waals surface area contributed by atoms with Gasteiger partial charge in [0.25, 0.3) is 0 Å². The van der Waals surface area contributed by atoms with Gasteiger partial charge in [-0.1, -0.05) is 20.8 Å². The molecular weight excluding hydrogens is 244 g/mol. The van der Waals surface area contributed by atoms with Crippen LogP contribution in [-0.2, 0) is 0 Å². The van der Waals surface area contributed by atoms with Crippen LogP contribution in [0.3, 0.4) is 0 Å². The predicted molar refractivity (Wildman–Crippen MR) is 79.5 cm³/mol. The Kier molecular flexibility index (Phi) is 3.71. The normalized spacial score (nSPS) is 11.8. The van der Waals surface area contributed by atoms with Crippen LogP contribution in [0.4, 0.5) is 11.8 Å². The SMILES string of the molecule is CNc1nc(NCCC(C)(C)C)c2ccsc2n1. The minimum Gasteiger partial charge on any atom is -0.369 e. The third kappa shape index (κ3) is 3.10. The van der Waals surface area contributed by atoms with Gasteiger partial charge in [-0.15, -0.1) is 11.3 Å². The van der Waals surface area contributed by atoms with Crippen LogP contribution >= 0.6 is 11.3 Å². The highest BCUT2D eigenvalue weighted by Crippen LogP contribution is 2.27. The summed E-state index contributed by atoms with van der Waals surface area (Å²) < 4.78 is 0. The molecule has 0 atom stereocenters. The number of fused-ring (bicyclic) bond motifs is 1. The Hall–Kier alpha value is -1.36. The summed E-state index contributed by atoms with van der Waals surface area (Å²) >= 11 is 1.64. The van der Waals surface area contributed by atoms with Crippen molar-refractivity contribution in [3.63, 3.8) is 0 Å². The highest BCUT2D eigenvalue weighted by Gasteiger charge is 2.11. The Labute approximate surface area is 112 Å². The van der Waals surface area contributed by atoms with Gasteiger partial charge in [0, 0.05) is 13.6 Å². The van der Waals surface area contributed by atoms with E-state index in [0.29, 0.717) is 11.4 Å². The first-order chi connectivity index (χ1) is 8.49. The predicted octanol–water partition coefficient (Wildman–Crippen LogP) is 3.58. The van der Waals surface area contributed by atoms with E-state index in [2.05, 4.69) is 47.4 Å². The smallest absolute Gasteiger partial charge is 0.225 e. The molecule has 0 aliphatic rings. The van der Waals surface area contributed by atoms with Crippen LogP contribution in [-0.4, -0.2) is 23.6 Å². The lowest BCUT2D eigenvalue weighted by Crippen LogP contribution is -2.14. The van der Waals surface area contributed by atoms with Crippen molar-refractivity contribution in [2.75, 3.05) is 24.2 Å². The van der Waals surface area contributed by atoms with E-state index < -0.39 is 0 Å². The molecule has 0 spiro atoms. The summed E-state index contributed by atoms with van der Waals surface area (Å²) in [4.78, 5) is 9.93. The maximum Gasteiger partial charge on any atom is 0.225 e. The van der Waals surface area contributed by atoms with Gasteiger partial charge in [-0.2, -0.15) is 4.98 Å². The number of hydrogen-bond donors (Lipinski definition) is 2. The Morgan fingerprint density at radius 1 is 1.28 bits per heavy atom. The number of hydrogen-bond acceptors (Lipinski definition) is 5. The van der Waals surface area contributed by atoms with E-state index in [1.165, 1.54) is 0 Å². The third-order valence-electron chi connectivity index (χ3n) is 2.72. The third-order valence-corrected chi connectivity index (χ3v) is 3.52. The van der Waals surface area contributed by atoms with Gasteiger partial charge >= 0.3 is 0 Å². The second-order valence-corrected chi connectivity index (χ2v) is 6.42. The van der Waals surface area contributed by atoms with Gasteiger partial charge < -0.3 is 10.6 Å². The fourth-order valence-electron chi connectivity index (χ4n) is 1.66. The van der Waals surface area contributed by atoms with Crippen molar-refractivity contribution in [2.45, 2.75) is 27.2 Å². The fraction of sp³-hybridized carbons (Fsp3) is 0.538. The van der Waals surface area contributed by atoms with E-state index in [1.54, 1.807) is 11.3 Å². The van der Waals surface area contributed by atoms with Gasteiger partial charge in [-0.3, -0.25) is 0 Å². The number of anilines is 2. The Balaban J connectivity index is 2.18. The number of nitrogens with zero attached hydrogens (tertiary/aromatic N) is 2. The maximum atomic E-state index is 4.48. The molecular formula is C13H20N4S. The Morgan fingerprint density at radius 2 is 2.06 bits per heavy atom. The lowest BCUT2D eigenvalue weighted by molar-refractivity contribution is 0.389. The van der Waals surface area contributed by atoms with Crippen LogP contribution in [0.5, 0.6) is 0 Å². The summed E-state index contributed by atoms with van der Waals surface area (Å²) in [5.74, 6) is 1.60. The largest absolute Gasteiger partial charge is 0.369 e. The zero-order valence-corrected chi connectivity index (χ0v) is 12.2. The minimum absolute atomic E-state index is 0.333. The molecule has 0 unspecified atom stereocenters. The standard InChI is InChI=1S/C13H20N4S/c1-13(2,3)6-7-15-10-9-5-8-18-11(9)17-12(14-4)16-10/h5,8H,6-7H2,1-4H3,(H2,14,15,16,17). The average molecular weight is 264 g/mol. The summed E-state index contributed by atoms with van der Waals surface area (Å²) in [6.45, 7) is 7.66. The zero-order valence-electron chi connectivity index (χ0n) is 11.4. The molecule has 0 fully saturated rings. The van der Waals surface area contributed by atoms with E-state index >= 15 is 0 Å². The van der Waals surface area contributed by atoms with Crippen LogP contribution in [0.25, 0.3) is 10.2 Å². The van der Waals surface area contributed by atoms with Crippen molar-refractivity contribution in [3.05, 3.63) is 11.4 Å². The van der Waals surface area contributed by atoms with Crippen LogP contribution in [0.2, 0.25) is 0 Å². The molecule has 98 valence electrons. The second kappa shape index (κ2) is 5.10. The molecule has 2 aromatic heterocycles. The molecule has 0 aromatic carbocycles. The van der Waals surface area contributed by atoms with E-state index in [9.17, 15) is 0 Å². The van der Waals surface area contributed by atoms with Gasteiger partial charge in [0.1, 0.15) is 10.6 Å². The summed E-state index contributed by atoms with van der Waals surface area (Å²) in [5, 5.41) is 9.57. The lowest BCUT2D eigenvalue weighted by Gasteiger charge is -2.18. The van der Waals surface area contributed by atoms with E-state index in [0.717, 1.165) is 29.0 Å². The first kappa shape index (κ1) is 13.1. The molecule has 2 rings (SSSR count). The van der Waals surface area contributed by atoms with Crippen LogP contribution in [0.15, 0.2) is 11.4 Å². The molecule has 0 bridgehead atoms. The monoisotopic (exact) mass is 264 g/mol. The van der Waals surface area contributed by atoms with Crippen LogP contribution < -0.4 is 10.6 Å². The highest BCUT2D eigenvalue weighted by atomic mass is 32.1. The first-order valence-electron chi connectivity index (χ1n) is 6.16. The van der Waals surface area contributed by atoms with E-state index in [1.807, 2.05) is 12.4 Å². The van der Waals surface area contributed by atoms with Gasteiger partial charge in [-0.05, 0) is 23.3 Å². The molecule has 18 heavy (non-hydrogen) atoms. The quantitative estimate of drug-likeness (QED) is 0.886. The van der Waals surface area contributed by atoms with Crippen molar-refractivity contribution in [3.8, 4) is 0 Å². The Morgan fingerprint density at radius 3 is 2.72 bits per heavy atom. The molecule has 5 heteroatoms. The van der Waals surface area contributed by atoms with E-state index in [-0.39, 0.29) is 0 Å². The van der Waals surface area contributed by atoms with Gasteiger partial charge in [0.05, 0.1) is 5.39 Å². The summed E-state index contributed by atoms with van der Waals surface area (Å²) in [6, 6.07) is 2.07. The Bertz CT molecular complexity index is 527. The highest BCUT2D eigenvalue weighted by molar-refractivity contribution is 7.16. The van der Waals surface area contributed by atoms with Crippen molar-refractivity contribution in [1.82, 2.24) is 9.97 Å². The van der Waals surface area contributed by atoms with Gasteiger partial charge in [-0.25, -0.2) is 4.98 Å². The summed E-state index contributed by atoms with van der Waals surface area (Å²) in [7, 11) is 1.84. The van der Waals surface area contributed by atoms with Crippen molar-refractivity contribution in [1.29, 1.82) is 0 Å². The van der Waals surface area contributed by atoms with Crippen molar-refractivity contribution >= 4 is 33.3 Å². The summed E-state index contributed by atoms with van der Waals surface area (Å²) in [6.07, 6.45) is 1.11. The van der Waals surface area contributed by atoms with E-state index in [4.69, 9.17) is 0 Å². The zero-order chi connectivity index (χ0) is 13.2. The summed E-state index contributed by atoms with van der Waals surface area (Å²) in [5.41, 5.74) is 0.333. The molecule has 0 radical (unpaired) electrons. The number of thiophene rings is 1. The molecule has 0 aliphatic carbocycles. The number of rotatable bonds is 4. The fourth-order valence-corrected chi connectivity index (χ4v) is 2.42. The molecule has 2 aromatic rings. The lowest BCUT2D eigenvalue weighted by atomic mass is 9.92. The molecule has 4 nitrogen and oxygen atoms in total. The van der Waals surface area contributed by atoms with Gasteiger partial charge in [0.15, 0.2) is 0 Å². The number of nitrogens with one attached hydrogen (secondary N) is 2. The second-order valence-electron chi connectivity index (χ2n) is 5.52. The van der Waals surface area contributed by atoms with Crippen LogP contribution in [0, 0.1) is 5.41 Å². The van der Waals surface area contributed by atoms with Crippen molar-refractivity contribution in [2.24, 2.45) is 5.41 Å². The average Bonchev–Trinajstić information content (AvgIpc) is 2.75. The molecule has 0 saturated heterocycles. The first-order valence-corrected chi connectivity index (χ1v) is 7.04. The molecule has 2 N–H and O–H groups in total. The minimum atomic E-state index is 0.333. The molecule has 0 saturated carbocycles. The van der Waals surface area contributed by atoms with Crippen molar-refractivity contribution < 1.29 is 0 Å². The molecule has 0 aliphatic heterocycles. The number of aromatic nitrogens is 2. The molecule has 0 amide bonds. The van der Waals surface area contributed by atoms with Gasteiger partial charge in [0.2, 0.25) is 5.95 Å². The topological polar surface area (TPSA) is 49.8 Å².